The summed E-state index contributed by atoms with van der Waals surface area (Å²) < 4.78 is 89.2. The van der Waals surface area contributed by atoms with Crippen LogP contribution in [0, 0.1) is 0 Å². The summed E-state index contributed by atoms with van der Waals surface area (Å²) >= 11 is 0. The van der Waals surface area contributed by atoms with Crippen LogP contribution in [-0.4, -0.2) is 83.7 Å². The molecule has 4 atom stereocenters. The standard InChI is InChI=1S/C11H17N3O12S3/c1-27(17,18)23-5-6-8(25-28(2,19)20)9(26-29(3,21)22)10(24-6)14-11(16)13-7(15)4-12-14/h4,6,8-10H,5H2,1-3H3,(H,13,15,16)/t6-,8-,9-,10-/m1/s1. The van der Waals surface area contributed by atoms with Crippen molar-refractivity contribution in [3.8, 4) is 0 Å². The lowest BCUT2D eigenvalue weighted by Crippen LogP contribution is -2.43. The van der Waals surface area contributed by atoms with Crippen LogP contribution < -0.4 is 11.2 Å². The second-order valence-electron chi connectivity index (χ2n) is 5.97. The maximum atomic E-state index is 12.0. The van der Waals surface area contributed by atoms with Gasteiger partial charge in [-0.25, -0.2) is 4.79 Å². The largest absolute Gasteiger partial charge is 0.347 e. The highest BCUT2D eigenvalue weighted by Crippen LogP contribution is 2.34. The first-order valence-corrected chi connectivity index (χ1v) is 13.0. The smallest absolute Gasteiger partial charge is 0.345 e. The van der Waals surface area contributed by atoms with E-state index in [1.807, 2.05) is 4.98 Å². The molecule has 1 aliphatic heterocycles. The topological polar surface area (TPSA) is 207 Å². The van der Waals surface area contributed by atoms with Gasteiger partial charge in [0.25, 0.3) is 35.9 Å². The number of rotatable bonds is 8. The summed E-state index contributed by atoms with van der Waals surface area (Å²) in [7, 11) is -12.5. The molecule has 0 amide bonds. The van der Waals surface area contributed by atoms with Crippen LogP contribution in [0.1, 0.15) is 6.23 Å². The molecule has 0 saturated carbocycles. The zero-order valence-electron chi connectivity index (χ0n) is 15.1. The van der Waals surface area contributed by atoms with Gasteiger partial charge >= 0.3 is 5.69 Å². The molecular formula is C11H17N3O12S3. The number of aromatic amines is 1. The van der Waals surface area contributed by atoms with Crippen molar-refractivity contribution < 1.29 is 42.5 Å². The third-order valence-electron chi connectivity index (χ3n) is 3.28. The van der Waals surface area contributed by atoms with Crippen molar-refractivity contribution in [1.82, 2.24) is 14.8 Å². The predicted octanol–water partition coefficient (Wildman–Crippen LogP) is -3.51. The second-order valence-corrected chi connectivity index (χ2v) is 10.8. The van der Waals surface area contributed by atoms with E-state index < -0.39 is 72.8 Å². The van der Waals surface area contributed by atoms with Gasteiger partial charge in [0.15, 0.2) is 12.3 Å². The van der Waals surface area contributed by atoms with Crippen LogP contribution in [0.25, 0.3) is 0 Å². The molecule has 0 radical (unpaired) electrons. The van der Waals surface area contributed by atoms with Crippen LogP contribution in [-0.2, 0) is 47.6 Å². The molecule has 29 heavy (non-hydrogen) atoms. The minimum atomic E-state index is -4.25. The summed E-state index contributed by atoms with van der Waals surface area (Å²) in [6, 6.07) is 0. The van der Waals surface area contributed by atoms with E-state index >= 15 is 0 Å². The highest BCUT2D eigenvalue weighted by Gasteiger charge is 2.51. The molecule has 2 heterocycles. The molecule has 166 valence electrons. The first kappa shape index (κ1) is 23.6. The normalized spacial score (nSPS) is 25.9. The summed E-state index contributed by atoms with van der Waals surface area (Å²) in [5, 5.41) is 3.51. The summed E-state index contributed by atoms with van der Waals surface area (Å²) in [5.41, 5.74) is -2.00. The number of hydrogen-bond donors (Lipinski definition) is 1. The van der Waals surface area contributed by atoms with Gasteiger partial charge in [-0.1, -0.05) is 0 Å². The van der Waals surface area contributed by atoms with Crippen molar-refractivity contribution in [2.24, 2.45) is 0 Å². The molecule has 0 aromatic carbocycles. The maximum absolute atomic E-state index is 12.0. The minimum Gasteiger partial charge on any atom is -0.345 e. The maximum Gasteiger partial charge on any atom is 0.347 e. The summed E-state index contributed by atoms with van der Waals surface area (Å²) in [4.78, 5) is 25.1. The van der Waals surface area contributed by atoms with Crippen LogP contribution in [0.15, 0.2) is 15.8 Å². The number of nitrogens with one attached hydrogen (secondary N) is 1. The Morgan fingerprint density at radius 2 is 1.55 bits per heavy atom. The zero-order chi connectivity index (χ0) is 22.2. The average molecular weight is 479 g/mol. The molecule has 1 fully saturated rings. The number of hydrogen-bond acceptors (Lipinski definition) is 13. The van der Waals surface area contributed by atoms with Crippen molar-refractivity contribution in [3.05, 3.63) is 27.0 Å². The van der Waals surface area contributed by atoms with E-state index in [0.29, 0.717) is 29.6 Å². The van der Waals surface area contributed by atoms with Gasteiger partial charge in [-0.15, -0.1) is 0 Å². The van der Waals surface area contributed by atoms with Crippen molar-refractivity contribution in [2.45, 2.75) is 24.5 Å². The number of nitrogens with zero attached hydrogens (tertiary/aromatic N) is 2. The van der Waals surface area contributed by atoms with Crippen molar-refractivity contribution in [2.75, 3.05) is 25.4 Å². The first-order chi connectivity index (χ1) is 13.1. The van der Waals surface area contributed by atoms with Gasteiger partial charge in [-0.2, -0.15) is 35.0 Å². The molecule has 1 aromatic rings. The predicted molar refractivity (Wildman–Crippen MR) is 93.3 cm³/mol. The molecule has 1 aromatic heterocycles. The van der Waals surface area contributed by atoms with E-state index in [9.17, 15) is 34.8 Å². The molecule has 18 heteroatoms. The fraction of sp³-hybridized carbons (Fsp3) is 0.727. The monoisotopic (exact) mass is 479 g/mol. The molecule has 1 aliphatic rings. The SMILES string of the molecule is CS(=O)(=O)OC[C@H]1O[C@@H](n2ncc(=O)[nH]c2=O)[C@H](OS(C)(=O)=O)[C@@H]1OS(C)(=O)=O. The van der Waals surface area contributed by atoms with Crippen LogP contribution >= 0.6 is 0 Å². The Kier molecular flexibility index (Phi) is 6.67. The summed E-state index contributed by atoms with van der Waals surface area (Å²) in [6.07, 6.45) is -4.09. The van der Waals surface area contributed by atoms with E-state index in [4.69, 9.17) is 13.1 Å². The van der Waals surface area contributed by atoms with Crippen LogP contribution in [0.4, 0.5) is 0 Å². The van der Waals surface area contributed by atoms with Crippen molar-refractivity contribution in [3.63, 3.8) is 0 Å². The summed E-state index contributed by atoms with van der Waals surface area (Å²) in [5.74, 6) is 0. The molecule has 1 saturated heterocycles. The molecule has 1 N–H and O–H groups in total. The molecular weight excluding hydrogens is 462 g/mol. The van der Waals surface area contributed by atoms with E-state index in [1.54, 1.807) is 0 Å². The Balaban J connectivity index is 2.55. The highest BCUT2D eigenvalue weighted by molar-refractivity contribution is 7.86. The zero-order valence-corrected chi connectivity index (χ0v) is 17.6. The van der Waals surface area contributed by atoms with Gasteiger partial charge in [0, 0.05) is 0 Å². The van der Waals surface area contributed by atoms with Crippen LogP contribution in [0.2, 0.25) is 0 Å². The van der Waals surface area contributed by atoms with Crippen LogP contribution in [0.5, 0.6) is 0 Å². The Bertz CT molecular complexity index is 1180. The fourth-order valence-corrected chi connectivity index (χ4v) is 4.02. The Hall–Kier alpha value is -1.70. The lowest BCUT2D eigenvalue weighted by Gasteiger charge is -2.22. The molecule has 0 bridgehead atoms. The number of H-pyrrole nitrogens is 1. The quantitative estimate of drug-likeness (QED) is 0.359. The van der Waals surface area contributed by atoms with E-state index in [1.165, 1.54) is 0 Å². The van der Waals surface area contributed by atoms with Crippen molar-refractivity contribution >= 4 is 30.4 Å². The lowest BCUT2D eigenvalue weighted by molar-refractivity contribution is -0.0528. The van der Waals surface area contributed by atoms with Crippen molar-refractivity contribution in [1.29, 1.82) is 0 Å². The van der Waals surface area contributed by atoms with Gasteiger partial charge in [0.05, 0.1) is 25.4 Å². The third kappa shape index (κ3) is 6.94. The second kappa shape index (κ2) is 8.20. The average Bonchev–Trinajstić information content (AvgIpc) is 2.79. The van der Waals surface area contributed by atoms with Gasteiger partial charge in [-0.3, -0.25) is 22.3 Å². The Morgan fingerprint density at radius 1 is 1.00 bits per heavy atom. The van der Waals surface area contributed by atoms with Crippen LogP contribution in [0.3, 0.4) is 0 Å². The Labute approximate surface area is 164 Å². The summed E-state index contributed by atoms with van der Waals surface area (Å²) in [6.45, 7) is -0.794. The van der Waals surface area contributed by atoms with Gasteiger partial charge in [-0.05, 0) is 0 Å². The van der Waals surface area contributed by atoms with E-state index in [2.05, 4.69) is 9.28 Å². The van der Waals surface area contributed by atoms with E-state index in [-0.39, 0.29) is 0 Å². The molecule has 0 spiro atoms. The van der Waals surface area contributed by atoms with Gasteiger partial charge < -0.3 is 4.74 Å². The third-order valence-corrected chi connectivity index (χ3v) is 4.99. The van der Waals surface area contributed by atoms with Gasteiger partial charge in [0.2, 0.25) is 0 Å². The number of aromatic nitrogens is 3. The molecule has 0 unspecified atom stereocenters. The highest BCUT2D eigenvalue weighted by atomic mass is 32.2. The lowest BCUT2D eigenvalue weighted by atomic mass is 10.1. The van der Waals surface area contributed by atoms with E-state index in [0.717, 1.165) is 0 Å². The fourth-order valence-electron chi connectivity index (χ4n) is 2.40. The number of ether oxygens (including phenoxy) is 1. The van der Waals surface area contributed by atoms with Gasteiger partial charge in [0.1, 0.15) is 18.4 Å². The Morgan fingerprint density at radius 3 is 2.03 bits per heavy atom. The molecule has 0 aliphatic carbocycles. The molecule has 2 rings (SSSR count). The molecule has 15 nitrogen and oxygen atoms in total. The first-order valence-electron chi connectivity index (χ1n) is 7.50. The minimum absolute atomic E-state index is 0.482.